The maximum atomic E-state index is 11.7. The second-order valence-electron chi connectivity index (χ2n) is 4.60. The molecular weight excluding hydrogens is 310 g/mol. The topological polar surface area (TPSA) is 136 Å². The molecule has 0 amide bonds. The number of aliphatic hydroxyl groups excluding tert-OH is 2. The van der Waals surface area contributed by atoms with E-state index in [0.29, 0.717) is 0 Å². The van der Waals surface area contributed by atoms with E-state index in [1.165, 1.54) is 13.8 Å². The van der Waals surface area contributed by atoms with Crippen LogP contribution in [0.4, 0.5) is 5.69 Å². The number of nitro groups is 1. The lowest BCUT2D eigenvalue weighted by atomic mass is 9.97. The molecule has 0 bridgehead atoms. The number of esters is 2. The van der Waals surface area contributed by atoms with Gasteiger partial charge in [-0.2, -0.15) is 0 Å². The standard InChI is InChI=1S/C14H17NO8/c1-4-23-14(19)12(17)11(16)8-5-9(13(18)22-3)7(2)10(6-8)15(20)21/h5-6,11-12,16-17H,4H2,1-3H3. The number of ether oxygens (including phenoxy) is 2. The minimum atomic E-state index is -1.94. The number of rotatable bonds is 6. The molecule has 0 aliphatic carbocycles. The summed E-state index contributed by atoms with van der Waals surface area (Å²) in [7, 11) is 1.10. The molecule has 0 fully saturated rings. The van der Waals surface area contributed by atoms with Crippen LogP contribution in [0.15, 0.2) is 12.1 Å². The number of carbonyl (C=O) groups is 2. The van der Waals surface area contributed by atoms with Crippen LogP contribution in [0.2, 0.25) is 0 Å². The van der Waals surface area contributed by atoms with E-state index in [2.05, 4.69) is 9.47 Å². The van der Waals surface area contributed by atoms with Crippen LogP contribution >= 0.6 is 0 Å². The molecule has 9 heteroatoms. The van der Waals surface area contributed by atoms with Gasteiger partial charge in [0.05, 0.1) is 24.2 Å². The second-order valence-corrected chi connectivity index (χ2v) is 4.60. The van der Waals surface area contributed by atoms with Gasteiger partial charge >= 0.3 is 11.9 Å². The summed E-state index contributed by atoms with van der Waals surface area (Å²) in [5, 5.41) is 30.9. The molecule has 126 valence electrons. The Kier molecular flexibility index (Phi) is 6.17. The first kappa shape index (κ1) is 18.5. The lowest BCUT2D eigenvalue weighted by molar-refractivity contribution is -0.385. The lowest BCUT2D eigenvalue weighted by Gasteiger charge is -2.18. The maximum Gasteiger partial charge on any atom is 0.338 e. The van der Waals surface area contributed by atoms with Crippen molar-refractivity contribution in [3.63, 3.8) is 0 Å². The molecule has 9 nitrogen and oxygen atoms in total. The van der Waals surface area contributed by atoms with Crippen molar-refractivity contribution in [3.05, 3.63) is 38.9 Å². The van der Waals surface area contributed by atoms with Gasteiger partial charge < -0.3 is 19.7 Å². The van der Waals surface area contributed by atoms with Gasteiger partial charge in [-0.25, -0.2) is 9.59 Å². The zero-order chi connectivity index (χ0) is 17.7. The fourth-order valence-corrected chi connectivity index (χ4v) is 1.94. The van der Waals surface area contributed by atoms with Gasteiger partial charge in [-0.3, -0.25) is 10.1 Å². The minimum absolute atomic E-state index is 0.00985. The van der Waals surface area contributed by atoms with Gasteiger partial charge in [-0.05, 0) is 25.5 Å². The van der Waals surface area contributed by atoms with Crippen LogP contribution in [0.1, 0.15) is 34.5 Å². The number of nitrogens with zero attached hydrogens (tertiary/aromatic N) is 1. The van der Waals surface area contributed by atoms with E-state index in [1.807, 2.05) is 0 Å². The first-order valence-electron chi connectivity index (χ1n) is 6.64. The average Bonchev–Trinajstić information content (AvgIpc) is 2.52. The van der Waals surface area contributed by atoms with Crippen molar-refractivity contribution < 1.29 is 34.2 Å². The van der Waals surface area contributed by atoms with Crippen molar-refractivity contribution in [1.29, 1.82) is 0 Å². The number of benzene rings is 1. The first-order valence-corrected chi connectivity index (χ1v) is 6.64. The summed E-state index contributed by atoms with van der Waals surface area (Å²) < 4.78 is 9.11. The fraction of sp³-hybridized carbons (Fsp3) is 0.429. The highest BCUT2D eigenvalue weighted by molar-refractivity contribution is 5.92. The van der Waals surface area contributed by atoms with Crippen LogP contribution in [0.25, 0.3) is 0 Å². The number of methoxy groups -OCH3 is 1. The molecule has 0 radical (unpaired) electrons. The highest BCUT2D eigenvalue weighted by atomic mass is 16.6. The number of aliphatic hydroxyl groups is 2. The lowest BCUT2D eigenvalue weighted by Crippen LogP contribution is -2.30. The molecule has 0 saturated heterocycles. The summed E-state index contributed by atoms with van der Waals surface area (Å²) in [5.74, 6) is -1.92. The zero-order valence-corrected chi connectivity index (χ0v) is 12.8. The molecule has 0 aromatic heterocycles. The van der Waals surface area contributed by atoms with Gasteiger partial charge in [-0.1, -0.05) is 0 Å². The average molecular weight is 327 g/mol. The van der Waals surface area contributed by atoms with E-state index in [4.69, 9.17) is 0 Å². The van der Waals surface area contributed by atoms with Crippen LogP contribution < -0.4 is 0 Å². The number of carbonyl (C=O) groups excluding carboxylic acids is 2. The number of nitro benzene ring substituents is 1. The predicted octanol–water partition coefficient (Wildman–Crippen LogP) is 0.647. The summed E-state index contributed by atoms with van der Waals surface area (Å²) in [6.07, 6.45) is -3.74. The monoisotopic (exact) mass is 327 g/mol. The molecule has 0 aliphatic rings. The van der Waals surface area contributed by atoms with Gasteiger partial charge in [0.15, 0.2) is 6.10 Å². The Morgan fingerprint density at radius 3 is 2.43 bits per heavy atom. The fourth-order valence-electron chi connectivity index (χ4n) is 1.94. The van der Waals surface area contributed by atoms with E-state index in [0.717, 1.165) is 19.2 Å². The SMILES string of the molecule is CCOC(=O)C(O)C(O)c1cc(C(=O)OC)c(C)c([N+](=O)[O-])c1. The molecule has 0 saturated carbocycles. The van der Waals surface area contributed by atoms with Crippen LogP contribution in [-0.4, -0.2) is 46.9 Å². The Bertz CT molecular complexity index is 627. The Morgan fingerprint density at radius 2 is 1.96 bits per heavy atom. The third-order valence-corrected chi connectivity index (χ3v) is 3.17. The highest BCUT2D eigenvalue weighted by Gasteiger charge is 2.30. The Morgan fingerprint density at radius 1 is 1.35 bits per heavy atom. The highest BCUT2D eigenvalue weighted by Crippen LogP contribution is 2.29. The molecule has 0 aliphatic heterocycles. The summed E-state index contributed by atoms with van der Waals surface area (Å²) in [5.41, 5.74) is -0.725. The third kappa shape index (κ3) is 4.02. The quantitative estimate of drug-likeness (QED) is 0.441. The third-order valence-electron chi connectivity index (χ3n) is 3.17. The molecule has 1 aromatic carbocycles. The van der Waals surface area contributed by atoms with E-state index in [1.54, 1.807) is 0 Å². The van der Waals surface area contributed by atoms with Crippen LogP contribution in [0.3, 0.4) is 0 Å². The van der Waals surface area contributed by atoms with Crippen LogP contribution in [0.5, 0.6) is 0 Å². The molecule has 2 unspecified atom stereocenters. The van der Waals surface area contributed by atoms with Gasteiger partial charge in [0.2, 0.25) is 0 Å². The smallest absolute Gasteiger partial charge is 0.338 e. The predicted molar refractivity (Wildman–Crippen MR) is 76.8 cm³/mol. The summed E-state index contributed by atoms with van der Waals surface area (Å²) in [4.78, 5) is 33.5. The van der Waals surface area contributed by atoms with Crippen LogP contribution in [-0.2, 0) is 14.3 Å². The van der Waals surface area contributed by atoms with Gasteiger partial charge in [0.1, 0.15) is 6.10 Å². The Balaban J connectivity index is 3.35. The molecule has 0 spiro atoms. The Hall–Kier alpha value is -2.52. The maximum absolute atomic E-state index is 11.7. The van der Waals surface area contributed by atoms with E-state index in [-0.39, 0.29) is 23.3 Å². The van der Waals surface area contributed by atoms with Crippen molar-refractivity contribution >= 4 is 17.6 Å². The second kappa shape index (κ2) is 7.65. The van der Waals surface area contributed by atoms with Crippen molar-refractivity contribution in [2.24, 2.45) is 0 Å². The molecule has 2 N–H and O–H groups in total. The number of hydrogen-bond donors (Lipinski definition) is 2. The summed E-state index contributed by atoms with van der Waals surface area (Å²) in [6, 6.07) is 2.11. The largest absolute Gasteiger partial charge is 0.465 e. The zero-order valence-electron chi connectivity index (χ0n) is 12.8. The minimum Gasteiger partial charge on any atom is -0.465 e. The van der Waals surface area contributed by atoms with Gasteiger partial charge in [0, 0.05) is 11.6 Å². The van der Waals surface area contributed by atoms with E-state index >= 15 is 0 Å². The molecule has 1 rings (SSSR count). The molecule has 1 aromatic rings. The van der Waals surface area contributed by atoms with Crippen molar-refractivity contribution in [2.75, 3.05) is 13.7 Å². The van der Waals surface area contributed by atoms with Gasteiger partial charge in [-0.15, -0.1) is 0 Å². The summed E-state index contributed by atoms with van der Waals surface area (Å²) >= 11 is 0. The first-order chi connectivity index (χ1) is 10.7. The van der Waals surface area contributed by atoms with E-state index in [9.17, 15) is 29.9 Å². The Labute approximate surface area is 131 Å². The molecule has 0 heterocycles. The number of hydrogen-bond acceptors (Lipinski definition) is 8. The molecule has 2 atom stereocenters. The van der Waals surface area contributed by atoms with Gasteiger partial charge in [0.25, 0.3) is 5.69 Å². The molecule has 23 heavy (non-hydrogen) atoms. The van der Waals surface area contributed by atoms with Crippen molar-refractivity contribution in [3.8, 4) is 0 Å². The van der Waals surface area contributed by atoms with Crippen LogP contribution in [0, 0.1) is 17.0 Å². The summed E-state index contributed by atoms with van der Waals surface area (Å²) in [6.45, 7) is 2.86. The normalized spacial score (nSPS) is 13.1. The van der Waals surface area contributed by atoms with Crippen molar-refractivity contribution in [2.45, 2.75) is 26.1 Å². The molecular formula is C14H17NO8. The van der Waals surface area contributed by atoms with E-state index < -0.39 is 34.8 Å². The van der Waals surface area contributed by atoms with Crippen molar-refractivity contribution in [1.82, 2.24) is 0 Å².